The lowest BCUT2D eigenvalue weighted by atomic mass is 10.2. The maximum atomic E-state index is 11.6. The lowest BCUT2D eigenvalue weighted by Gasteiger charge is -2.01. The Morgan fingerprint density at radius 2 is 2.18 bits per heavy atom. The molecular formula is C12H18N4O. The molecule has 0 aromatic carbocycles. The number of anilines is 1. The van der Waals surface area contributed by atoms with E-state index in [2.05, 4.69) is 21.9 Å². The van der Waals surface area contributed by atoms with Crippen molar-refractivity contribution in [1.29, 1.82) is 0 Å². The van der Waals surface area contributed by atoms with E-state index in [4.69, 9.17) is 5.73 Å². The van der Waals surface area contributed by atoms with Crippen LogP contribution in [-0.4, -0.2) is 15.7 Å². The van der Waals surface area contributed by atoms with Crippen LogP contribution in [0, 0.1) is 6.92 Å². The fraction of sp³-hybridized carbons (Fsp3) is 0.417. The lowest BCUT2D eigenvalue weighted by Crippen LogP contribution is -2.12. The number of nitrogens with one attached hydrogen (secondary N) is 1. The van der Waals surface area contributed by atoms with Gasteiger partial charge in [-0.2, -0.15) is 0 Å². The minimum absolute atomic E-state index is 0.115. The van der Waals surface area contributed by atoms with Crippen molar-refractivity contribution in [1.82, 2.24) is 9.97 Å². The van der Waals surface area contributed by atoms with Gasteiger partial charge in [0.1, 0.15) is 5.69 Å². The Hall–Kier alpha value is -1.91. The van der Waals surface area contributed by atoms with Crippen LogP contribution in [0.1, 0.15) is 32.9 Å². The smallest absolute Gasteiger partial charge is 0.278 e. The van der Waals surface area contributed by atoms with Crippen LogP contribution in [0.15, 0.2) is 21.4 Å². The van der Waals surface area contributed by atoms with Crippen LogP contribution in [-0.2, 0) is 0 Å². The number of nitrogens with zero attached hydrogens (tertiary/aromatic N) is 2. The van der Waals surface area contributed by atoms with Crippen molar-refractivity contribution in [2.75, 3.05) is 5.73 Å². The third-order valence-corrected chi connectivity index (χ3v) is 2.39. The van der Waals surface area contributed by atoms with Gasteiger partial charge in [-0.1, -0.05) is 12.5 Å². The molecule has 17 heavy (non-hydrogen) atoms. The minimum atomic E-state index is -0.308. The number of hydrogen-bond donors (Lipinski definition) is 2. The summed E-state index contributed by atoms with van der Waals surface area (Å²) < 4.78 is 0. The van der Waals surface area contributed by atoms with Crippen molar-refractivity contribution in [2.24, 2.45) is 4.99 Å². The molecule has 5 heteroatoms. The summed E-state index contributed by atoms with van der Waals surface area (Å²) >= 11 is 0. The van der Waals surface area contributed by atoms with Crippen molar-refractivity contribution >= 4 is 17.3 Å². The average molecular weight is 234 g/mol. The van der Waals surface area contributed by atoms with Crippen LogP contribution in [0.3, 0.4) is 0 Å². The standard InChI is InChI=1S/C12H18N4O/c1-5-7(2)6-8(3)14-10-9(4)15-12(13)16-11(10)17/h6H,5H2,1-4H3,(H3,13,15,16,17). The maximum absolute atomic E-state index is 11.6. The summed E-state index contributed by atoms with van der Waals surface area (Å²) in [4.78, 5) is 22.3. The molecule has 1 heterocycles. The number of hydrogen-bond acceptors (Lipinski definition) is 4. The van der Waals surface area contributed by atoms with E-state index < -0.39 is 0 Å². The summed E-state index contributed by atoms with van der Waals surface area (Å²) in [5.41, 5.74) is 7.97. The highest BCUT2D eigenvalue weighted by molar-refractivity contribution is 5.95. The van der Waals surface area contributed by atoms with Gasteiger partial charge < -0.3 is 5.73 Å². The van der Waals surface area contributed by atoms with Crippen molar-refractivity contribution in [3.63, 3.8) is 0 Å². The summed E-state index contributed by atoms with van der Waals surface area (Å²) in [5, 5.41) is 0. The molecule has 0 fully saturated rings. The topological polar surface area (TPSA) is 84.1 Å². The highest BCUT2D eigenvalue weighted by Crippen LogP contribution is 2.11. The van der Waals surface area contributed by atoms with Gasteiger partial charge in [0.2, 0.25) is 5.95 Å². The minimum Gasteiger partial charge on any atom is -0.369 e. The van der Waals surface area contributed by atoms with E-state index in [-0.39, 0.29) is 11.5 Å². The number of nitrogens with two attached hydrogens (primary N) is 1. The fourth-order valence-electron chi connectivity index (χ4n) is 1.40. The van der Waals surface area contributed by atoms with Crippen molar-refractivity contribution in [2.45, 2.75) is 34.1 Å². The molecule has 0 radical (unpaired) electrons. The number of H-pyrrole nitrogens is 1. The monoisotopic (exact) mass is 234 g/mol. The second kappa shape index (κ2) is 5.43. The van der Waals surface area contributed by atoms with E-state index >= 15 is 0 Å². The Balaban J connectivity index is 3.19. The predicted octanol–water partition coefficient (Wildman–Crippen LogP) is 2.11. The summed E-state index contributed by atoms with van der Waals surface area (Å²) in [7, 11) is 0. The van der Waals surface area contributed by atoms with E-state index in [1.807, 2.05) is 19.9 Å². The maximum Gasteiger partial charge on any atom is 0.278 e. The summed E-state index contributed by atoms with van der Waals surface area (Å²) in [6, 6.07) is 0. The molecule has 0 saturated heterocycles. The predicted molar refractivity (Wildman–Crippen MR) is 70.8 cm³/mol. The molecule has 92 valence electrons. The molecule has 0 unspecified atom stereocenters. The quantitative estimate of drug-likeness (QED) is 0.785. The molecule has 3 N–H and O–H groups in total. The summed E-state index contributed by atoms with van der Waals surface area (Å²) in [5.74, 6) is 0.115. The zero-order valence-corrected chi connectivity index (χ0v) is 10.7. The first kappa shape index (κ1) is 13.2. The highest BCUT2D eigenvalue weighted by atomic mass is 16.1. The Morgan fingerprint density at radius 3 is 2.71 bits per heavy atom. The first-order valence-corrected chi connectivity index (χ1v) is 5.53. The van der Waals surface area contributed by atoms with E-state index in [1.54, 1.807) is 6.92 Å². The van der Waals surface area contributed by atoms with Crippen molar-refractivity contribution in [3.8, 4) is 0 Å². The number of aromatic nitrogens is 2. The number of rotatable bonds is 3. The van der Waals surface area contributed by atoms with Gasteiger partial charge in [0, 0.05) is 5.71 Å². The number of allylic oxidation sites excluding steroid dienone is 2. The van der Waals surface area contributed by atoms with Crippen molar-refractivity contribution < 1.29 is 0 Å². The Labute approximate surface area is 100 Å². The largest absolute Gasteiger partial charge is 0.369 e. The molecule has 1 rings (SSSR count). The molecule has 0 spiro atoms. The number of nitrogen functional groups attached to an aromatic ring is 1. The van der Waals surface area contributed by atoms with Crippen LogP contribution >= 0.6 is 0 Å². The second-order valence-corrected chi connectivity index (χ2v) is 3.98. The van der Waals surface area contributed by atoms with E-state index in [0.29, 0.717) is 11.4 Å². The first-order chi connectivity index (χ1) is 7.93. The molecule has 0 aliphatic heterocycles. The number of aryl methyl sites for hydroxylation is 1. The molecule has 0 aliphatic carbocycles. The Morgan fingerprint density at radius 1 is 1.53 bits per heavy atom. The highest BCUT2D eigenvalue weighted by Gasteiger charge is 2.05. The van der Waals surface area contributed by atoms with Crippen LogP contribution in [0.5, 0.6) is 0 Å². The van der Waals surface area contributed by atoms with Crippen LogP contribution in [0.2, 0.25) is 0 Å². The van der Waals surface area contributed by atoms with Gasteiger partial charge in [-0.15, -0.1) is 0 Å². The number of aromatic amines is 1. The Bertz CT molecular complexity index is 526. The molecule has 1 aromatic heterocycles. The van der Waals surface area contributed by atoms with E-state index in [9.17, 15) is 4.79 Å². The van der Waals surface area contributed by atoms with Crippen LogP contribution in [0.4, 0.5) is 11.6 Å². The molecule has 0 atom stereocenters. The molecule has 0 amide bonds. The van der Waals surface area contributed by atoms with Crippen molar-refractivity contribution in [3.05, 3.63) is 27.7 Å². The van der Waals surface area contributed by atoms with Gasteiger partial charge in [-0.25, -0.2) is 9.98 Å². The molecular weight excluding hydrogens is 216 g/mol. The van der Waals surface area contributed by atoms with Gasteiger partial charge >= 0.3 is 0 Å². The van der Waals surface area contributed by atoms with Gasteiger partial charge in [0.15, 0.2) is 0 Å². The summed E-state index contributed by atoms with van der Waals surface area (Å²) in [6.07, 6.45) is 2.91. The summed E-state index contributed by atoms with van der Waals surface area (Å²) in [6.45, 7) is 7.67. The van der Waals surface area contributed by atoms with Gasteiger partial charge in [-0.05, 0) is 33.3 Å². The van der Waals surface area contributed by atoms with Gasteiger partial charge in [-0.3, -0.25) is 9.78 Å². The normalized spacial score (nSPS) is 12.9. The molecule has 5 nitrogen and oxygen atoms in total. The average Bonchev–Trinajstić information content (AvgIpc) is 2.23. The zero-order chi connectivity index (χ0) is 13.0. The second-order valence-electron chi connectivity index (χ2n) is 3.98. The molecule has 0 aliphatic rings. The van der Waals surface area contributed by atoms with Gasteiger partial charge in [0.05, 0.1) is 5.69 Å². The van der Waals surface area contributed by atoms with Crippen LogP contribution < -0.4 is 11.3 Å². The van der Waals surface area contributed by atoms with E-state index in [0.717, 1.165) is 12.1 Å². The van der Waals surface area contributed by atoms with Crippen LogP contribution in [0.25, 0.3) is 0 Å². The third kappa shape index (κ3) is 3.55. The molecule has 1 aromatic rings. The third-order valence-electron chi connectivity index (χ3n) is 2.39. The fourth-order valence-corrected chi connectivity index (χ4v) is 1.40. The first-order valence-electron chi connectivity index (χ1n) is 5.53. The SMILES string of the molecule is CCC(C)=CC(C)=Nc1c(C)nc(N)[nH]c1=O. The van der Waals surface area contributed by atoms with E-state index in [1.165, 1.54) is 5.57 Å². The van der Waals surface area contributed by atoms with Gasteiger partial charge in [0.25, 0.3) is 5.56 Å². The molecule has 0 saturated carbocycles. The number of aliphatic imine (C=N–C) groups is 1. The lowest BCUT2D eigenvalue weighted by molar-refractivity contribution is 1.07. The Kier molecular flexibility index (Phi) is 4.20. The molecule has 0 bridgehead atoms. The zero-order valence-electron chi connectivity index (χ0n) is 10.7.